The second kappa shape index (κ2) is 10.8. The standard InChI is InChI=1S/C48H30N2O/c1-3-13-33(14-4-1)49-42-20-10-7-17-37(42)40-29-31(23-27-44(40)49)35-25-26-36(48-47(35)39-19-9-12-22-46(39)51-48)32-24-28-45-41(30-32)38-18-8-11-21-43(38)50(45)34-15-5-2-6-16-34/h1-30H. The number of benzene rings is 8. The number of rotatable bonds is 4. The Morgan fingerprint density at radius 2 is 0.784 bits per heavy atom. The summed E-state index contributed by atoms with van der Waals surface area (Å²) in [6.07, 6.45) is 0. The van der Waals surface area contributed by atoms with Gasteiger partial charge in [-0.05, 0) is 89.5 Å². The van der Waals surface area contributed by atoms with Crippen molar-refractivity contribution in [2.75, 3.05) is 0 Å². The van der Waals surface area contributed by atoms with Crippen molar-refractivity contribution in [2.24, 2.45) is 0 Å². The van der Waals surface area contributed by atoms with Crippen molar-refractivity contribution < 1.29 is 4.42 Å². The van der Waals surface area contributed by atoms with Crippen molar-refractivity contribution in [1.82, 2.24) is 9.13 Å². The predicted molar refractivity (Wildman–Crippen MR) is 213 cm³/mol. The summed E-state index contributed by atoms with van der Waals surface area (Å²) in [6.45, 7) is 0. The summed E-state index contributed by atoms with van der Waals surface area (Å²) in [5.74, 6) is 0. The van der Waals surface area contributed by atoms with Crippen molar-refractivity contribution in [3.05, 3.63) is 182 Å². The highest BCUT2D eigenvalue weighted by Crippen LogP contribution is 2.44. The Hall–Kier alpha value is -6.84. The summed E-state index contributed by atoms with van der Waals surface area (Å²) in [7, 11) is 0. The molecule has 11 aromatic rings. The Bertz CT molecular complexity index is 3130. The fourth-order valence-electron chi connectivity index (χ4n) is 8.29. The maximum absolute atomic E-state index is 6.78. The fraction of sp³-hybridized carbons (Fsp3) is 0. The molecule has 0 aliphatic heterocycles. The quantitative estimate of drug-likeness (QED) is 0.186. The normalized spacial score (nSPS) is 11.9. The lowest BCUT2D eigenvalue weighted by molar-refractivity contribution is 0.670. The Balaban J connectivity index is 1.14. The van der Waals surface area contributed by atoms with Crippen LogP contribution >= 0.6 is 0 Å². The molecule has 0 saturated heterocycles. The molecule has 0 saturated carbocycles. The highest BCUT2D eigenvalue weighted by Gasteiger charge is 2.20. The summed E-state index contributed by atoms with van der Waals surface area (Å²) < 4.78 is 11.5. The van der Waals surface area contributed by atoms with E-state index in [1.165, 1.54) is 54.7 Å². The van der Waals surface area contributed by atoms with Crippen LogP contribution in [0.4, 0.5) is 0 Å². The van der Waals surface area contributed by atoms with Gasteiger partial charge in [0.1, 0.15) is 11.2 Å². The van der Waals surface area contributed by atoms with Gasteiger partial charge in [-0.3, -0.25) is 0 Å². The molecule has 0 radical (unpaired) electrons. The van der Waals surface area contributed by atoms with Crippen LogP contribution in [0.5, 0.6) is 0 Å². The van der Waals surface area contributed by atoms with Crippen molar-refractivity contribution in [3.8, 4) is 33.6 Å². The molecule has 11 rings (SSSR count). The molecule has 0 unspecified atom stereocenters. The molecule has 0 N–H and O–H groups in total. The lowest BCUT2D eigenvalue weighted by atomic mass is 9.93. The summed E-state index contributed by atoms with van der Waals surface area (Å²) in [6, 6.07) is 65.3. The van der Waals surface area contributed by atoms with Crippen LogP contribution in [0, 0.1) is 0 Å². The van der Waals surface area contributed by atoms with Gasteiger partial charge in [-0.15, -0.1) is 0 Å². The molecule has 0 bridgehead atoms. The Morgan fingerprint density at radius 3 is 1.37 bits per heavy atom. The maximum atomic E-state index is 6.78. The van der Waals surface area contributed by atoms with Crippen molar-refractivity contribution in [3.63, 3.8) is 0 Å². The van der Waals surface area contributed by atoms with Crippen LogP contribution in [0.3, 0.4) is 0 Å². The van der Waals surface area contributed by atoms with Crippen LogP contribution in [0.2, 0.25) is 0 Å². The van der Waals surface area contributed by atoms with E-state index in [1.54, 1.807) is 0 Å². The van der Waals surface area contributed by atoms with E-state index >= 15 is 0 Å². The molecule has 51 heavy (non-hydrogen) atoms. The predicted octanol–water partition coefficient (Wildman–Crippen LogP) is 13.1. The van der Waals surface area contributed by atoms with E-state index in [2.05, 4.69) is 191 Å². The molecule has 0 spiro atoms. The molecule has 3 aromatic heterocycles. The highest BCUT2D eigenvalue weighted by atomic mass is 16.3. The van der Waals surface area contributed by atoms with E-state index in [9.17, 15) is 0 Å². The smallest absolute Gasteiger partial charge is 0.143 e. The molecule has 238 valence electrons. The van der Waals surface area contributed by atoms with Crippen LogP contribution in [0.1, 0.15) is 0 Å². The van der Waals surface area contributed by atoms with E-state index in [0.29, 0.717) is 0 Å². The molecule has 0 atom stereocenters. The SMILES string of the molecule is c1ccc(-n2c3ccccc3c3cc(-c4ccc(-c5ccc6c(c5)c5ccccc5n6-c5ccccc5)c5c4oc4ccccc45)ccc32)cc1. The zero-order valence-electron chi connectivity index (χ0n) is 27.6. The number of nitrogens with zero attached hydrogens (tertiary/aromatic N) is 2. The van der Waals surface area contributed by atoms with Crippen LogP contribution in [-0.2, 0) is 0 Å². The summed E-state index contributed by atoms with van der Waals surface area (Å²) in [4.78, 5) is 0. The van der Waals surface area contributed by atoms with Gasteiger partial charge in [-0.2, -0.15) is 0 Å². The molecule has 3 heteroatoms. The molecule has 0 fully saturated rings. The van der Waals surface area contributed by atoms with E-state index in [0.717, 1.165) is 44.4 Å². The third-order valence-corrected chi connectivity index (χ3v) is 10.5. The van der Waals surface area contributed by atoms with E-state index in [1.807, 2.05) is 0 Å². The average molecular weight is 651 g/mol. The van der Waals surface area contributed by atoms with Crippen LogP contribution in [0.15, 0.2) is 186 Å². The van der Waals surface area contributed by atoms with Crippen LogP contribution in [-0.4, -0.2) is 9.13 Å². The molecular formula is C48H30N2O. The maximum Gasteiger partial charge on any atom is 0.143 e. The Morgan fingerprint density at radius 1 is 0.333 bits per heavy atom. The minimum absolute atomic E-state index is 0.893. The zero-order valence-corrected chi connectivity index (χ0v) is 27.6. The van der Waals surface area contributed by atoms with Gasteiger partial charge in [-0.25, -0.2) is 0 Å². The average Bonchev–Trinajstić information content (AvgIpc) is 3.86. The Kier molecular flexibility index (Phi) is 5.96. The molecule has 0 amide bonds. The van der Waals surface area contributed by atoms with Gasteiger partial charge in [0.2, 0.25) is 0 Å². The third kappa shape index (κ3) is 4.12. The number of fused-ring (bicyclic) bond motifs is 9. The van der Waals surface area contributed by atoms with Gasteiger partial charge in [0.15, 0.2) is 0 Å². The summed E-state index contributed by atoms with van der Waals surface area (Å²) >= 11 is 0. The minimum Gasteiger partial charge on any atom is -0.455 e. The lowest BCUT2D eigenvalue weighted by Crippen LogP contribution is -1.93. The van der Waals surface area contributed by atoms with E-state index < -0.39 is 0 Å². The molecule has 8 aromatic carbocycles. The number of hydrogen-bond acceptors (Lipinski definition) is 1. The van der Waals surface area contributed by atoms with Crippen molar-refractivity contribution >= 4 is 65.6 Å². The van der Waals surface area contributed by atoms with Gasteiger partial charge in [0.25, 0.3) is 0 Å². The second-order valence-electron chi connectivity index (χ2n) is 13.3. The fourth-order valence-corrected chi connectivity index (χ4v) is 8.29. The lowest BCUT2D eigenvalue weighted by Gasteiger charge is -2.11. The molecule has 0 aliphatic rings. The van der Waals surface area contributed by atoms with Crippen LogP contribution < -0.4 is 0 Å². The summed E-state index contributed by atoms with van der Waals surface area (Å²) in [5.41, 5.74) is 13.5. The first kappa shape index (κ1) is 28.0. The number of hydrogen-bond donors (Lipinski definition) is 0. The zero-order chi connectivity index (χ0) is 33.5. The van der Waals surface area contributed by atoms with Gasteiger partial charge >= 0.3 is 0 Å². The largest absolute Gasteiger partial charge is 0.455 e. The molecular weight excluding hydrogens is 621 g/mol. The molecule has 0 aliphatic carbocycles. The molecule has 3 nitrogen and oxygen atoms in total. The van der Waals surface area contributed by atoms with E-state index in [-0.39, 0.29) is 0 Å². The Labute approximate surface area is 293 Å². The van der Waals surface area contributed by atoms with Gasteiger partial charge in [0, 0.05) is 49.3 Å². The number of furan rings is 1. The van der Waals surface area contributed by atoms with Crippen LogP contribution in [0.25, 0.3) is 99.2 Å². The van der Waals surface area contributed by atoms with Gasteiger partial charge in [-0.1, -0.05) is 109 Å². The molecule has 3 heterocycles. The van der Waals surface area contributed by atoms with Crippen molar-refractivity contribution in [2.45, 2.75) is 0 Å². The topological polar surface area (TPSA) is 23.0 Å². The number of para-hydroxylation sites is 5. The summed E-state index contributed by atoms with van der Waals surface area (Å²) in [5, 5.41) is 7.20. The first-order valence-electron chi connectivity index (χ1n) is 17.4. The van der Waals surface area contributed by atoms with Gasteiger partial charge < -0.3 is 13.6 Å². The van der Waals surface area contributed by atoms with Gasteiger partial charge in [0.05, 0.1) is 22.1 Å². The third-order valence-electron chi connectivity index (χ3n) is 10.5. The number of aromatic nitrogens is 2. The first-order valence-corrected chi connectivity index (χ1v) is 17.4. The first-order chi connectivity index (χ1) is 25.3. The minimum atomic E-state index is 0.893. The van der Waals surface area contributed by atoms with Crippen molar-refractivity contribution in [1.29, 1.82) is 0 Å². The second-order valence-corrected chi connectivity index (χ2v) is 13.3. The van der Waals surface area contributed by atoms with E-state index in [4.69, 9.17) is 4.42 Å². The monoisotopic (exact) mass is 650 g/mol. The highest BCUT2D eigenvalue weighted by molar-refractivity contribution is 6.18.